The number of rotatable bonds is 3. The van der Waals surface area contributed by atoms with Crippen LogP contribution in [0, 0.1) is 5.92 Å². The van der Waals surface area contributed by atoms with Crippen molar-refractivity contribution in [2.75, 3.05) is 37.4 Å². The van der Waals surface area contributed by atoms with Crippen molar-refractivity contribution in [2.24, 2.45) is 5.92 Å². The molecule has 2 rings (SSSR count). The summed E-state index contributed by atoms with van der Waals surface area (Å²) in [5, 5.41) is 0.328. The Morgan fingerprint density at radius 1 is 1.47 bits per heavy atom. The molecule has 0 atom stereocenters. The number of methoxy groups -OCH3 is 1. The van der Waals surface area contributed by atoms with Gasteiger partial charge in [0.1, 0.15) is 12.0 Å². The summed E-state index contributed by atoms with van der Waals surface area (Å²) in [5.41, 5.74) is 6.36. The normalized spacial score (nSPS) is 17.4. The molecule has 0 aliphatic carbocycles. The Bertz CT molecular complexity index is 380. The molecule has 1 fully saturated rings. The van der Waals surface area contributed by atoms with Crippen molar-refractivity contribution in [1.82, 2.24) is 9.97 Å². The van der Waals surface area contributed by atoms with E-state index in [1.54, 1.807) is 7.11 Å². The van der Waals surface area contributed by atoms with Crippen molar-refractivity contribution in [2.45, 2.75) is 12.8 Å². The molecular weight excluding hydrogens is 240 g/mol. The number of hydrogen-bond acceptors (Lipinski definition) is 5. The average molecular weight is 257 g/mol. The van der Waals surface area contributed by atoms with Crippen LogP contribution in [0.4, 0.5) is 11.5 Å². The predicted molar refractivity (Wildman–Crippen MR) is 68.3 cm³/mol. The molecule has 1 saturated heterocycles. The van der Waals surface area contributed by atoms with E-state index in [-0.39, 0.29) is 0 Å². The first-order chi connectivity index (χ1) is 8.22. The highest BCUT2D eigenvalue weighted by molar-refractivity contribution is 6.32. The highest BCUT2D eigenvalue weighted by atomic mass is 35.5. The van der Waals surface area contributed by atoms with Crippen LogP contribution < -0.4 is 10.6 Å². The topological polar surface area (TPSA) is 64.3 Å². The molecule has 0 aromatic carbocycles. The minimum absolute atomic E-state index is 0.328. The lowest BCUT2D eigenvalue weighted by Gasteiger charge is -2.32. The van der Waals surface area contributed by atoms with Crippen LogP contribution in [-0.2, 0) is 4.74 Å². The number of halogens is 1. The van der Waals surface area contributed by atoms with Gasteiger partial charge in [-0.25, -0.2) is 9.97 Å². The van der Waals surface area contributed by atoms with Crippen LogP contribution in [-0.4, -0.2) is 36.8 Å². The van der Waals surface area contributed by atoms with Crippen LogP contribution in [0.1, 0.15) is 12.8 Å². The number of hydrogen-bond donors (Lipinski definition) is 1. The molecular formula is C11H17ClN4O. The summed E-state index contributed by atoms with van der Waals surface area (Å²) in [6, 6.07) is 0. The number of ether oxygens (including phenoxy) is 1. The number of nitrogen functional groups attached to an aromatic ring is 1. The molecule has 5 nitrogen and oxygen atoms in total. The number of nitrogens with zero attached hydrogens (tertiary/aromatic N) is 3. The predicted octanol–water partition coefficient (Wildman–Crippen LogP) is 1.57. The fourth-order valence-electron chi connectivity index (χ4n) is 2.16. The van der Waals surface area contributed by atoms with Gasteiger partial charge in [-0.2, -0.15) is 0 Å². The second kappa shape index (κ2) is 5.51. The number of anilines is 2. The Hall–Kier alpha value is -1.07. The van der Waals surface area contributed by atoms with Gasteiger partial charge in [0.05, 0.1) is 0 Å². The fourth-order valence-corrected chi connectivity index (χ4v) is 2.29. The van der Waals surface area contributed by atoms with Crippen molar-refractivity contribution < 1.29 is 4.74 Å². The van der Waals surface area contributed by atoms with Crippen LogP contribution in [0.2, 0.25) is 5.15 Å². The maximum atomic E-state index is 5.89. The highest BCUT2D eigenvalue weighted by Gasteiger charge is 2.22. The van der Waals surface area contributed by atoms with Crippen molar-refractivity contribution in [3.8, 4) is 0 Å². The molecule has 1 aromatic rings. The van der Waals surface area contributed by atoms with E-state index in [1.807, 2.05) is 0 Å². The summed E-state index contributed by atoms with van der Waals surface area (Å²) in [6.45, 7) is 2.70. The lowest BCUT2D eigenvalue weighted by Crippen LogP contribution is -2.36. The largest absolute Gasteiger partial charge is 0.393 e. The molecule has 6 heteroatoms. The molecule has 94 valence electrons. The summed E-state index contributed by atoms with van der Waals surface area (Å²) in [6.07, 6.45) is 3.64. The van der Waals surface area contributed by atoms with E-state index in [0.29, 0.717) is 16.8 Å². The molecule has 2 heterocycles. The monoisotopic (exact) mass is 256 g/mol. The van der Waals surface area contributed by atoms with Gasteiger partial charge in [0, 0.05) is 26.8 Å². The number of aromatic nitrogens is 2. The van der Waals surface area contributed by atoms with E-state index < -0.39 is 0 Å². The van der Waals surface area contributed by atoms with E-state index in [4.69, 9.17) is 22.1 Å². The summed E-state index contributed by atoms with van der Waals surface area (Å²) < 4.78 is 5.18. The Morgan fingerprint density at radius 2 is 2.18 bits per heavy atom. The Morgan fingerprint density at radius 3 is 2.82 bits per heavy atom. The average Bonchev–Trinajstić information content (AvgIpc) is 2.34. The molecule has 0 radical (unpaired) electrons. The smallest absolute Gasteiger partial charge is 0.157 e. The quantitative estimate of drug-likeness (QED) is 0.832. The minimum Gasteiger partial charge on any atom is -0.393 e. The van der Waals surface area contributed by atoms with E-state index in [1.165, 1.54) is 6.33 Å². The van der Waals surface area contributed by atoms with Gasteiger partial charge in [-0.3, -0.25) is 0 Å². The number of piperidine rings is 1. The highest BCUT2D eigenvalue weighted by Crippen LogP contribution is 2.29. The zero-order valence-corrected chi connectivity index (χ0v) is 10.7. The number of nitrogens with two attached hydrogens (primary N) is 1. The van der Waals surface area contributed by atoms with Crippen LogP contribution in [0.15, 0.2) is 6.33 Å². The van der Waals surface area contributed by atoms with Gasteiger partial charge in [0.25, 0.3) is 0 Å². The van der Waals surface area contributed by atoms with Gasteiger partial charge in [-0.1, -0.05) is 11.6 Å². The van der Waals surface area contributed by atoms with E-state index in [0.717, 1.165) is 38.4 Å². The zero-order valence-electron chi connectivity index (χ0n) is 9.90. The standard InChI is InChI=1S/C11H17ClN4O/c1-17-6-8-2-4-16(5-3-8)11-9(13)10(12)14-7-15-11/h7-8H,2-6,13H2,1H3. The third-order valence-electron chi connectivity index (χ3n) is 3.13. The van der Waals surface area contributed by atoms with Gasteiger partial charge in [-0.05, 0) is 18.8 Å². The molecule has 0 bridgehead atoms. The Labute approximate surface area is 106 Å². The van der Waals surface area contributed by atoms with Crippen LogP contribution in [0.25, 0.3) is 0 Å². The molecule has 1 aliphatic heterocycles. The molecule has 1 aromatic heterocycles. The van der Waals surface area contributed by atoms with Crippen LogP contribution >= 0.6 is 11.6 Å². The molecule has 2 N–H and O–H groups in total. The van der Waals surface area contributed by atoms with Crippen LogP contribution in [0.5, 0.6) is 0 Å². The van der Waals surface area contributed by atoms with Gasteiger partial charge in [0.2, 0.25) is 0 Å². The van der Waals surface area contributed by atoms with Gasteiger partial charge in [0.15, 0.2) is 11.0 Å². The minimum atomic E-state index is 0.328. The van der Waals surface area contributed by atoms with Crippen molar-refractivity contribution in [3.63, 3.8) is 0 Å². The lowest BCUT2D eigenvalue weighted by molar-refractivity contribution is 0.139. The third kappa shape index (κ3) is 2.79. The van der Waals surface area contributed by atoms with Crippen LogP contribution in [0.3, 0.4) is 0 Å². The fraction of sp³-hybridized carbons (Fsp3) is 0.636. The molecule has 1 aliphatic rings. The van der Waals surface area contributed by atoms with Gasteiger partial charge < -0.3 is 15.4 Å². The Balaban J connectivity index is 2.03. The molecule has 17 heavy (non-hydrogen) atoms. The van der Waals surface area contributed by atoms with Gasteiger partial charge in [-0.15, -0.1) is 0 Å². The lowest BCUT2D eigenvalue weighted by atomic mass is 9.98. The summed E-state index contributed by atoms with van der Waals surface area (Å²) in [4.78, 5) is 10.2. The van der Waals surface area contributed by atoms with E-state index >= 15 is 0 Å². The molecule has 0 amide bonds. The van der Waals surface area contributed by atoms with Gasteiger partial charge >= 0.3 is 0 Å². The maximum absolute atomic E-state index is 5.89. The second-order valence-electron chi connectivity index (χ2n) is 4.29. The van der Waals surface area contributed by atoms with Crippen molar-refractivity contribution in [3.05, 3.63) is 11.5 Å². The molecule has 0 saturated carbocycles. The van der Waals surface area contributed by atoms with E-state index in [9.17, 15) is 0 Å². The molecule has 0 spiro atoms. The summed E-state index contributed by atoms with van der Waals surface area (Å²) in [7, 11) is 1.74. The Kier molecular flexibility index (Phi) is 4.02. The van der Waals surface area contributed by atoms with Crippen molar-refractivity contribution in [1.29, 1.82) is 0 Å². The summed E-state index contributed by atoms with van der Waals surface area (Å²) >= 11 is 5.89. The van der Waals surface area contributed by atoms with Crippen molar-refractivity contribution >= 4 is 23.1 Å². The zero-order chi connectivity index (χ0) is 12.3. The first kappa shape index (κ1) is 12.4. The first-order valence-corrected chi connectivity index (χ1v) is 6.10. The summed E-state index contributed by atoms with van der Waals surface area (Å²) in [5.74, 6) is 1.38. The SMILES string of the molecule is COCC1CCN(c2ncnc(Cl)c2N)CC1. The third-order valence-corrected chi connectivity index (χ3v) is 3.43. The molecule has 0 unspecified atom stereocenters. The first-order valence-electron chi connectivity index (χ1n) is 5.72. The van der Waals surface area contributed by atoms with E-state index in [2.05, 4.69) is 14.9 Å². The maximum Gasteiger partial charge on any atom is 0.157 e. The second-order valence-corrected chi connectivity index (χ2v) is 4.65.